The summed E-state index contributed by atoms with van der Waals surface area (Å²) in [4.78, 5) is 17.8. The zero-order valence-electron chi connectivity index (χ0n) is 10.7. The van der Waals surface area contributed by atoms with Crippen LogP contribution >= 0.6 is 0 Å². The summed E-state index contributed by atoms with van der Waals surface area (Å²) >= 11 is 0. The molecule has 1 aromatic rings. The number of carbonyl (C=O) groups is 1. The van der Waals surface area contributed by atoms with Crippen molar-refractivity contribution in [3.05, 3.63) is 23.4 Å². The molecular formula is C13H19N3O2. The van der Waals surface area contributed by atoms with Crippen LogP contribution in [0.3, 0.4) is 0 Å². The Bertz CT molecular complexity index is 434. The van der Waals surface area contributed by atoms with Crippen LogP contribution in [0, 0.1) is 0 Å². The Labute approximate surface area is 107 Å². The highest BCUT2D eigenvalue weighted by atomic mass is 16.6. The number of nitrogens with zero attached hydrogens (tertiary/aromatic N) is 2. The molecule has 5 nitrogen and oxygen atoms in total. The quantitative estimate of drug-likeness (QED) is 0.831. The average molecular weight is 249 g/mol. The number of carbonyl (C=O) groups excluding carboxylic acids is 1. The molecule has 5 heteroatoms. The third-order valence-corrected chi connectivity index (χ3v) is 3.05. The number of fused-ring (bicyclic) bond motifs is 1. The number of aromatic nitrogens is 1. The van der Waals surface area contributed by atoms with Crippen molar-refractivity contribution >= 4 is 11.9 Å². The van der Waals surface area contributed by atoms with E-state index in [2.05, 4.69) is 11.9 Å². The summed E-state index contributed by atoms with van der Waals surface area (Å²) in [5.74, 6) is 0.535. The number of nitrogen functional groups attached to an aromatic ring is 1. The first-order valence-corrected chi connectivity index (χ1v) is 6.36. The van der Waals surface area contributed by atoms with Crippen molar-refractivity contribution < 1.29 is 9.53 Å². The van der Waals surface area contributed by atoms with Gasteiger partial charge in [-0.05, 0) is 18.1 Å². The van der Waals surface area contributed by atoms with Crippen LogP contribution < -0.4 is 5.73 Å². The van der Waals surface area contributed by atoms with Crippen LogP contribution in [0.2, 0.25) is 0 Å². The Balaban J connectivity index is 1.95. The lowest BCUT2D eigenvalue weighted by molar-refractivity contribution is 0.0964. The lowest BCUT2D eigenvalue weighted by Gasteiger charge is -2.27. The monoisotopic (exact) mass is 249 g/mol. The van der Waals surface area contributed by atoms with Gasteiger partial charge in [-0.2, -0.15) is 0 Å². The third kappa shape index (κ3) is 2.91. The van der Waals surface area contributed by atoms with Crippen molar-refractivity contribution in [2.75, 3.05) is 18.9 Å². The molecule has 98 valence electrons. The van der Waals surface area contributed by atoms with E-state index in [1.807, 2.05) is 6.07 Å². The molecule has 1 amide bonds. The van der Waals surface area contributed by atoms with Gasteiger partial charge in [0.2, 0.25) is 0 Å². The van der Waals surface area contributed by atoms with Gasteiger partial charge in [-0.3, -0.25) is 0 Å². The molecule has 2 N–H and O–H groups in total. The van der Waals surface area contributed by atoms with Crippen molar-refractivity contribution in [2.45, 2.75) is 32.7 Å². The summed E-state index contributed by atoms with van der Waals surface area (Å²) in [7, 11) is 0. The molecule has 0 bridgehead atoms. The molecule has 1 aromatic heterocycles. The van der Waals surface area contributed by atoms with E-state index < -0.39 is 0 Å². The minimum atomic E-state index is -0.231. The molecule has 0 atom stereocenters. The normalized spacial score (nSPS) is 14.2. The predicted octanol–water partition coefficient (Wildman–Crippen LogP) is 1.96. The standard InChI is InChI=1S/C13H19N3O2/c1-2-3-8-18-13(17)16-7-6-11-10(9-16)4-5-12(14)15-11/h4-5H,2-3,6-9H2,1H3,(H2,14,15). The molecular weight excluding hydrogens is 230 g/mol. The summed E-state index contributed by atoms with van der Waals surface area (Å²) < 4.78 is 5.20. The van der Waals surface area contributed by atoms with E-state index in [4.69, 9.17) is 10.5 Å². The number of rotatable bonds is 3. The third-order valence-electron chi connectivity index (χ3n) is 3.05. The van der Waals surface area contributed by atoms with Crippen LogP contribution in [0.25, 0.3) is 0 Å². The highest BCUT2D eigenvalue weighted by Crippen LogP contribution is 2.18. The molecule has 0 aromatic carbocycles. The van der Waals surface area contributed by atoms with Crippen LogP contribution in [0.1, 0.15) is 31.0 Å². The molecule has 2 heterocycles. The molecule has 0 spiro atoms. The van der Waals surface area contributed by atoms with Crippen molar-refractivity contribution in [3.8, 4) is 0 Å². The lowest BCUT2D eigenvalue weighted by atomic mass is 10.1. The van der Waals surface area contributed by atoms with Crippen LogP contribution in [-0.4, -0.2) is 29.1 Å². The highest BCUT2D eigenvalue weighted by molar-refractivity contribution is 5.68. The summed E-state index contributed by atoms with van der Waals surface area (Å²) in [6.45, 7) is 3.78. The topological polar surface area (TPSA) is 68.5 Å². The lowest BCUT2D eigenvalue weighted by Crippen LogP contribution is -2.36. The number of unbranched alkanes of at least 4 members (excludes halogenated alkanes) is 1. The molecule has 0 saturated heterocycles. The zero-order chi connectivity index (χ0) is 13.0. The van der Waals surface area contributed by atoms with Gasteiger partial charge < -0.3 is 15.4 Å². The maximum atomic E-state index is 11.8. The molecule has 0 fully saturated rings. The fourth-order valence-corrected chi connectivity index (χ4v) is 1.98. The van der Waals surface area contributed by atoms with Crippen molar-refractivity contribution in [2.24, 2.45) is 0 Å². The molecule has 0 aliphatic carbocycles. The Kier molecular flexibility index (Phi) is 4.02. The van der Waals surface area contributed by atoms with Crippen LogP contribution in [0.4, 0.5) is 10.6 Å². The summed E-state index contributed by atoms with van der Waals surface area (Å²) in [6.07, 6.45) is 2.45. The Hall–Kier alpha value is -1.78. The number of pyridine rings is 1. The second-order valence-electron chi connectivity index (χ2n) is 4.48. The van der Waals surface area contributed by atoms with Gasteiger partial charge in [-0.25, -0.2) is 9.78 Å². The smallest absolute Gasteiger partial charge is 0.410 e. The zero-order valence-corrected chi connectivity index (χ0v) is 10.7. The minimum Gasteiger partial charge on any atom is -0.449 e. The van der Waals surface area contributed by atoms with Crippen LogP contribution in [0.5, 0.6) is 0 Å². The Morgan fingerprint density at radius 3 is 3.17 bits per heavy atom. The number of amides is 1. The highest BCUT2D eigenvalue weighted by Gasteiger charge is 2.22. The number of hydrogen-bond acceptors (Lipinski definition) is 4. The van der Waals surface area contributed by atoms with E-state index in [-0.39, 0.29) is 6.09 Å². The van der Waals surface area contributed by atoms with E-state index in [9.17, 15) is 4.79 Å². The van der Waals surface area contributed by atoms with Gasteiger partial charge in [0.1, 0.15) is 5.82 Å². The molecule has 2 rings (SSSR count). The summed E-state index contributed by atoms with van der Waals surface area (Å²) in [6, 6.07) is 3.70. The van der Waals surface area contributed by atoms with Gasteiger partial charge in [0, 0.05) is 18.7 Å². The number of ether oxygens (including phenoxy) is 1. The maximum absolute atomic E-state index is 11.8. The fourth-order valence-electron chi connectivity index (χ4n) is 1.98. The largest absolute Gasteiger partial charge is 0.449 e. The van der Waals surface area contributed by atoms with Gasteiger partial charge in [0.15, 0.2) is 0 Å². The fraction of sp³-hybridized carbons (Fsp3) is 0.538. The average Bonchev–Trinajstić information content (AvgIpc) is 2.38. The van der Waals surface area contributed by atoms with E-state index in [1.165, 1.54) is 0 Å². The second kappa shape index (κ2) is 5.71. The molecule has 0 saturated carbocycles. The first kappa shape index (κ1) is 12.7. The van der Waals surface area contributed by atoms with Gasteiger partial charge >= 0.3 is 6.09 Å². The summed E-state index contributed by atoms with van der Waals surface area (Å²) in [5, 5.41) is 0. The van der Waals surface area contributed by atoms with Gasteiger partial charge in [0.25, 0.3) is 0 Å². The van der Waals surface area contributed by atoms with E-state index in [1.54, 1.807) is 11.0 Å². The number of hydrogen-bond donors (Lipinski definition) is 1. The first-order valence-electron chi connectivity index (χ1n) is 6.36. The molecule has 1 aliphatic rings. The molecule has 0 radical (unpaired) electrons. The van der Waals surface area contributed by atoms with E-state index >= 15 is 0 Å². The van der Waals surface area contributed by atoms with Crippen molar-refractivity contribution in [3.63, 3.8) is 0 Å². The van der Waals surface area contributed by atoms with Gasteiger partial charge in [0.05, 0.1) is 13.2 Å². The second-order valence-corrected chi connectivity index (χ2v) is 4.48. The van der Waals surface area contributed by atoms with Gasteiger partial charge in [-0.15, -0.1) is 0 Å². The van der Waals surface area contributed by atoms with Crippen LogP contribution in [0.15, 0.2) is 12.1 Å². The van der Waals surface area contributed by atoms with Crippen molar-refractivity contribution in [1.29, 1.82) is 0 Å². The predicted molar refractivity (Wildman–Crippen MR) is 69.0 cm³/mol. The first-order chi connectivity index (χ1) is 8.70. The van der Waals surface area contributed by atoms with E-state index in [0.717, 1.165) is 30.5 Å². The van der Waals surface area contributed by atoms with E-state index in [0.29, 0.717) is 25.5 Å². The van der Waals surface area contributed by atoms with Gasteiger partial charge in [-0.1, -0.05) is 19.4 Å². The van der Waals surface area contributed by atoms with Crippen LogP contribution in [-0.2, 0) is 17.7 Å². The Morgan fingerprint density at radius 2 is 2.39 bits per heavy atom. The maximum Gasteiger partial charge on any atom is 0.410 e. The SMILES string of the molecule is CCCCOC(=O)N1CCc2nc(N)ccc2C1. The summed E-state index contributed by atoms with van der Waals surface area (Å²) in [5.41, 5.74) is 7.69. The van der Waals surface area contributed by atoms with Crippen molar-refractivity contribution in [1.82, 2.24) is 9.88 Å². The molecule has 18 heavy (non-hydrogen) atoms. The Morgan fingerprint density at radius 1 is 1.56 bits per heavy atom. The molecule has 0 unspecified atom stereocenters. The number of anilines is 1. The minimum absolute atomic E-state index is 0.231. The number of nitrogens with two attached hydrogens (primary N) is 1. The molecule has 1 aliphatic heterocycles.